The molecule has 0 radical (unpaired) electrons. The molecule has 4 nitrogen and oxygen atoms in total. The Morgan fingerprint density at radius 2 is 2.00 bits per heavy atom. The van der Waals surface area contributed by atoms with E-state index in [-0.39, 0.29) is 5.92 Å². The number of nitrogens with two attached hydrogens (primary N) is 2. The number of nitrogens with one attached hydrogen (secondary N) is 1. The lowest BCUT2D eigenvalue weighted by Gasteiger charge is -2.31. The molecule has 0 aliphatic carbocycles. The van der Waals surface area contributed by atoms with Crippen molar-refractivity contribution in [2.24, 2.45) is 16.5 Å². The molecule has 1 aromatic carbocycles. The van der Waals surface area contributed by atoms with Gasteiger partial charge in [-0.1, -0.05) is 37.3 Å². The highest BCUT2D eigenvalue weighted by Gasteiger charge is 2.31. The van der Waals surface area contributed by atoms with Crippen molar-refractivity contribution in [2.75, 3.05) is 0 Å². The van der Waals surface area contributed by atoms with E-state index in [1.54, 1.807) is 6.20 Å². The van der Waals surface area contributed by atoms with Crippen molar-refractivity contribution in [1.29, 1.82) is 0 Å². The number of hydrogen-bond acceptors (Lipinski definition) is 4. The zero-order chi connectivity index (χ0) is 11.6. The number of guanidine groups is 1. The molecule has 0 spiro atoms. The fraction of sp³-hybridized carbons (Fsp3) is 0.250. The van der Waals surface area contributed by atoms with Crippen LogP contribution < -0.4 is 16.8 Å². The van der Waals surface area contributed by atoms with Crippen LogP contribution in [0.15, 0.2) is 47.6 Å². The average molecular weight is 216 g/mol. The third kappa shape index (κ3) is 1.92. The van der Waals surface area contributed by atoms with Crippen molar-refractivity contribution < 1.29 is 0 Å². The van der Waals surface area contributed by atoms with Crippen molar-refractivity contribution in [1.82, 2.24) is 5.32 Å². The SMILES string of the molecule is C[C@H](c1ccccc1)C1(N)C=CNC(N)=N1. The Balaban J connectivity index is 2.31. The van der Waals surface area contributed by atoms with Crippen LogP contribution in [0.25, 0.3) is 0 Å². The molecule has 1 aliphatic heterocycles. The number of rotatable bonds is 2. The molecule has 0 amide bonds. The number of benzene rings is 1. The summed E-state index contributed by atoms with van der Waals surface area (Å²) >= 11 is 0. The van der Waals surface area contributed by atoms with E-state index in [1.807, 2.05) is 43.3 Å². The summed E-state index contributed by atoms with van der Waals surface area (Å²) in [6, 6.07) is 10.1. The molecule has 2 rings (SSSR count). The van der Waals surface area contributed by atoms with Gasteiger partial charge in [-0.2, -0.15) is 0 Å². The first kappa shape index (κ1) is 10.7. The normalized spacial score (nSPS) is 25.8. The first-order valence-corrected chi connectivity index (χ1v) is 5.25. The summed E-state index contributed by atoms with van der Waals surface area (Å²) in [7, 11) is 0. The van der Waals surface area contributed by atoms with Gasteiger partial charge < -0.3 is 16.8 Å². The molecule has 0 bridgehead atoms. The summed E-state index contributed by atoms with van der Waals surface area (Å²) in [6.07, 6.45) is 3.57. The van der Waals surface area contributed by atoms with Crippen LogP contribution >= 0.6 is 0 Å². The quantitative estimate of drug-likeness (QED) is 0.686. The molecule has 4 heteroatoms. The van der Waals surface area contributed by atoms with E-state index >= 15 is 0 Å². The van der Waals surface area contributed by atoms with E-state index in [9.17, 15) is 0 Å². The van der Waals surface area contributed by atoms with Crippen LogP contribution in [-0.2, 0) is 0 Å². The maximum atomic E-state index is 6.23. The minimum absolute atomic E-state index is 0.0746. The van der Waals surface area contributed by atoms with Crippen molar-refractivity contribution in [2.45, 2.75) is 18.5 Å². The number of nitrogens with zero attached hydrogens (tertiary/aromatic N) is 1. The molecule has 1 aromatic rings. The van der Waals surface area contributed by atoms with E-state index in [1.165, 1.54) is 0 Å². The van der Waals surface area contributed by atoms with Crippen molar-refractivity contribution >= 4 is 5.96 Å². The van der Waals surface area contributed by atoms with Crippen LogP contribution in [0.1, 0.15) is 18.4 Å². The van der Waals surface area contributed by atoms with E-state index in [0.29, 0.717) is 5.96 Å². The molecule has 0 fully saturated rings. The Morgan fingerprint density at radius 3 is 2.62 bits per heavy atom. The Morgan fingerprint density at radius 1 is 1.31 bits per heavy atom. The van der Waals surface area contributed by atoms with Gasteiger partial charge in [-0.05, 0) is 11.6 Å². The molecular formula is C12H16N4. The zero-order valence-corrected chi connectivity index (χ0v) is 9.22. The first-order chi connectivity index (χ1) is 7.62. The predicted molar refractivity (Wildman–Crippen MR) is 65.7 cm³/mol. The molecule has 84 valence electrons. The zero-order valence-electron chi connectivity index (χ0n) is 9.22. The van der Waals surface area contributed by atoms with Crippen LogP contribution in [0.5, 0.6) is 0 Å². The fourth-order valence-corrected chi connectivity index (χ4v) is 1.79. The molecule has 0 saturated carbocycles. The molecule has 1 heterocycles. The second kappa shape index (κ2) is 3.98. The van der Waals surface area contributed by atoms with Gasteiger partial charge in [0.1, 0.15) is 5.66 Å². The fourth-order valence-electron chi connectivity index (χ4n) is 1.79. The minimum Gasteiger partial charge on any atom is -0.370 e. The summed E-state index contributed by atoms with van der Waals surface area (Å²) in [6.45, 7) is 2.04. The van der Waals surface area contributed by atoms with Crippen molar-refractivity contribution in [3.63, 3.8) is 0 Å². The highest BCUT2D eigenvalue weighted by molar-refractivity contribution is 5.80. The Kier molecular flexibility index (Phi) is 2.66. The van der Waals surface area contributed by atoms with Gasteiger partial charge in [0, 0.05) is 12.1 Å². The van der Waals surface area contributed by atoms with Gasteiger partial charge >= 0.3 is 0 Å². The molecule has 5 N–H and O–H groups in total. The topological polar surface area (TPSA) is 76.4 Å². The molecule has 1 unspecified atom stereocenters. The van der Waals surface area contributed by atoms with Crippen LogP contribution in [0.4, 0.5) is 0 Å². The third-order valence-corrected chi connectivity index (χ3v) is 2.89. The molecule has 16 heavy (non-hydrogen) atoms. The van der Waals surface area contributed by atoms with E-state index in [0.717, 1.165) is 5.56 Å². The van der Waals surface area contributed by atoms with Gasteiger partial charge in [-0.15, -0.1) is 0 Å². The van der Waals surface area contributed by atoms with Crippen molar-refractivity contribution in [3.05, 3.63) is 48.2 Å². The van der Waals surface area contributed by atoms with Gasteiger partial charge in [-0.25, -0.2) is 4.99 Å². The maximum absolute atomic E-state index is 6.23. The minimum atomic E-state index is -0.767. The highest BCUT2D eigenvalue weighted by Crippen LogP contribution is 2.29. The number of hydrogen-bond donors (Lipinski definition) is 3. The Bertz CT molecular complexity index is 424. The lowest BCUT2D eigenvalue weighted by atomic mass is 9.88. The molecule has 1 aliphatic rings. The maximum Gasteiger partial charge on any atom is 0.194 e. The molecule has 2 atom stereocenters. The van der Waals surface area contributed by atoms with E-state index in [4.69, 9.17) is 11.5 Å². The van der Waals surface area contributed by atoms with Crippen LogP contribution in [-0.4, -0.2) is 11.6 Å². The Labute approximate surface area is 95.1 Å². The predicted octanol–water partition coefficient (Wildman–Crippen LogP) is 0.877. The molecule has 0 saturated heterocycles. The lowest BCUT2D eigenvalue weighted by molar-refractivity contribution is 0.458. The second-order valence-corrected chi connectivity index (χ2v) is 3.99. The Hall–Kier alpha value is -1.81. The summed E-state index contributed by atoms with van der Waals surface area (Å²) in [5.41, 5.74) is 12.2. The smallest absolute Gasteiger partial charge is 0.194 e. The van der Waals surface area contributed by atoms with Gasteiger partial charge in [0.15, 0.2) is 5.96 Å². The number of aliphatic imine (C=N–C) groups is 1. The summed E-state index contributed by atoms with van der Waals surface area (Å²) in [5, 5.41) is 2.81. The average Bonchev–Trinajstić information content (AvgIpc) is 2.29. The van der Waals surface area contributed by atoms with Gasteiger partial charge in [0.2, 0.25) is 0 Å². The standard InChI is InChI=1S/C12H16N4/c1-9(10-5-3-2-4-6-10)12(14)7-8-15-11(13)16-12/h2-9H,14H2,1H3,(H3,13,15,16)/t9-,12?/m1/s1. The monoisotopic (exact) mass is 216 g/mol. The summed E-state index contributed by atoms with van der Waals surface area (Å²) < 4.78 is 0. The van der Waals surface area contributed by atoms with Crippen LogP contribution in [0, 0.1) is 0 Å². The summed E-state index contributed by atoms with van der Waals surface area (Å²) in [4.78, 5) is 4.26. The van der Waals surface area contributed by atoms with Crippen LogP contribution in [0.2, 0.25) is 0 Å². The van der Waals surface area contributed by atoms with Crippen molar-refractivity contribution in [3.8, 4) is 0 Å². The van der Waals surface area contributed by atoms with Gasteiger partial charge in [0.05, 0.1) is 0 Å². The largest absolute Gasteiger partial charge is 0.370 e. The highest BCUT2D eigenvalue weighted by atomic mass is 15.2. The third-order valence-electron chi connectivity index (χ3n) is 2.89. The molecule has 0 aromatic heterocycles. The molecular weight excluding hydrogens is 200 g/mol. The summed E-state index contributed by atoms with van der Waals surface area (Å²) in [5.74, 6) is 0.429. The lowest BCUT2D eigenvalue weighted by Crippen LogP contribution is -2.47. The first-order valence-electron chi connectivity index (χ1n) is 5.25. The van der Waals surface area contributed by atoms with Gasteiger partial charge in [0.25, 0.3) is 0 Å². The van der Waals surface area contributed by atoms with Gasteiger partial charge in [-0.3, -0.25) is 0 Å². The van der Waals surface area contributed by atoms with E-state index in [2.05, 4.69) is 10.3 Å². The second-order valence-electron chi connectivity index (χ2n) is 3.99. The van der Waals surface area contributed by atoms with Crippen LogP contribution in [0.3, 0.4) is 0 Å². The van der Waals surface area contributed by atoms with E-state index < -0.39 is 5.66 Å².